The van der Waals surface area contributed by atoms with Gasteiger partial charge in [0.15, 0.2) is 0 Å². The molecule has 0 spiro atoms. The third-order valence-corrected chi connectivity index (χ3v) is 3.02. The predicted molar refractivity (Wildman–Crippen MR) is 72.9 cm³/mol. The second kappa shape index (κ2) is 7.11. The minimum atomic E-state index is 0.151. The fraction of sp³-hybridized carbons (Fsp3) is 0.571. The Kier molecular flexibility index (Phi) is 5.78. The number of nitrogens with two attached hydrogens (primary N) is 1. The first-order valence-corrected chi connectivity index (χ1v) is 6.39. The van der Waals surface area contributed by atoms with Crippen molar-refractivity contribution in [1.82, 2.24) is 9.88 Å². The molecule has 1 unspecified atom stereocenters. The van der Waals surface area contributed by atoms with Crippen LogP contribution >= 0.6 is 0 Å². The van der Waals surface area contributed by atoms with E-state index in [1.807, 2.05) is 32.2 Å². The van der Waals surface area contributed by atoms with Crippen molar-refractivity contribution in [1.29, 1.82) is 0 Å². The van der Waals surface area contributed by atoms with Gasteiger partial charge in [-0.3, -0.25) is 9.78 Å². The van der Waals surface area contributed by atoms with Gasteiger partial charge < -0.3 is 10.6 Å². The van der Waals surface area contributed by atoms with Crippen molar-refractivity contribution in [3.05, 3.63) is 29.6 Å². The second-order valence-corrected chi connectivity index (χ2v) is 4.90. The van der Waals surface area contributed by atoms with Gasteiger partial charge in [0, 0.05) is 19.2 Å². The van der Waals surface area contributed by atoms with Gasteiger partial charge in [-0.2, -0.15) is 0 Å². The minimum absolute atomic E-state index is 0.151. The van der Waals surface area contributed by atoms with Crippen molar-refractivity contribution in [2.75, 3.05) is 13.6 Å². The molecule has 0 fully saturated rings. The molecule has 0 radical (unpaired) electrons. The van der Waals surface area contributed by atoms with Crippen molar-refractivity contribution in [2.24, 2.45) is 11.7 Å². The zero-order valence-corrected chi connectivity index (χ0v) is 11.5. The molecular weight excluding hydrogens is 226 g/mol. The van der Waals surface area contributed by atoms with Crippen molar-refractivity contribution in [3.63, 3.8) is 0 Å². The maximum Gasteiger partial charge on any atom is 0.222 e. The molecule has 0 aliphatic rings. The van der Waals surface area contributed by atoms with Crippen molar-refractivity contribution >= 4 is 5.91 Å². The molecule has 0 saturated carbocycles. The lowest BCUT2D eigenvalue weighted by molar-refractivity contribution is -0.130. The Morgan fingerprint density at radius 1 is 1.50 bits per heavy atom. The summed E-state index contributed by atoms with van der Waals surface area (Å²) in [6.07, 6.45) is 1.40. The minimum Gasteiger partial charge on any atom is -0.340 e. The number of carbonyl (C=O) groups is 1. The molecule has 1 amide bonds. The van der Waals surface area contributed by atoms with Crippen LogP contribution in [0.25, 0.3) is 0 Å². The number of hydrogen-bond acceptors (Lipinski definition) is 3. The molecule has 1 aromatic heterocycles. The SMILES string of the molecule is Cc1cccc(CN(C)C(=O)CCC(C)CN)n1. The van der Waals surface area contributed by atoms with Crippen LogP contribution in [-0.2, 0) is 11.3 Å². The molecule has 4 heteroatoms. The largest absolute Gasteiger partial charge is 0.340 e. The summed E-state index contributed by atoms with van der Waals surface area (Å²) in [4.78, 5) is 18.0. The van der Waals surface area contributed by atoms with Gasteiger partial charge in [0.25, 0.3) is 0 Å². The Morgan fingerprint density at radius 2 is 2.22 bits per heavy atom. The molecular formula is C14H23N3O. The monoisotopic (exact) mass is 249 g/mol. The normalized spacial score (nSPS) is 12.2. The molecule has 0 bridgehead atoms. The Labute approximate surface area is 109 Å². The van der Waals surface area contributed by atoms with E-state index in [1.54, 1.807) is 4.90 Å². The molecule has 1 heterocycles. The highest BCUT2D eigenvalue weighted by Crippen LogP contribution is 2.08. The van der Waals surface area contributed by atoms with Crippen LogP contribution < -0.4 is 5.73 Å². The van der Waals surface area contributed by atoms with Gasteiger partial charge in [-0.05, 0) is 37.9 Å². The summed E-state index contributed by atoms with van der Waals surface area (Å²) >= 11 is 0. The van der Waals surface area contributed by atoms with Crippen LogP contribution in [0, 0.1) is 12.8 Å². The van der Waals surface area contributed by atoms with E-state index < -0.39 is 0 Å². The van der Waals surface area contributed by atoms with Crippen LogP contribution in [0.5, 0.6) is 0 Å². The highest BCUT2D eigenvalue weighted by atomic mass is 16.2. The summed E-state index contributed by atoms with van der Waals surface area (Å²) in [6, 6.07) is 5.86. The summed E-state index contributed by atoms with van der Waals surface area (Å²) in [7, 11) is 1.82. The van der Waals surface area contributed by atoms with E-state index >= 15 is 0 Å². The third kappa shape index (κ3) is 4.84. The number of hydrogen-bond donors (Lipinski definition) is 1. The molecule has 0 aliphatic heterocycles. The van der Waals surface area contributed by atoms with Gasteiger partial charge in [-0.25, -0.2) is 0 Å². The van der Waals surface area contributed by atoms with Crippen LogP contribution in [0.3, 0.4) is 0 Å². The van der Waals surface area contributed by atoms with E-state index in [2.05, 4.69) is 11.9 Å². The lowest BCUT2D eigenvalue weighted by Gasteiger charge is -2.18. The molecule has 0 aliphatic carbocycles. The summed E-state index contributed by atoms with van der Waals surface area (Å²) < 4.78 is 0. The average Bonchev–Trinajstić information content (AvgIpc) is 2.35. The highest BCUT2D eigenvalue weighted by Gasteiger charge is 2.11. The molecule has 100 valence electrons. The predicted octanol–water partition coefficient (Wildman–Crippen LogP) is 1.72. The van der Waals surface area contributed by atoms with Gasteiger partial charge in [0.2, 0.25) is 5.91 Å². The zero-order chi connectivity index (χ0) is 13.5. The fourth-order valence-electron chi connectivity index (χ4n) is 1.70. The first-order chi connectivity index (χ1) is 8.52. The molecule has 1 rings (SSSR count). The van der Waals surface area contributed by atoms with Crippen LogP contribution in [-0.4, -0.2) is 29.4 Å². The van der Waals surface area contributed by atoms with Crippen molar-refractivity contribution < 1.29 is 4.79 Å². The average molecular weight is 249 g/mol. The Bertz CT molecular complexity index is 392. The maximum atomic E-state index is 11.9. The number of carbonyl (C=O) groups excluding carboxylic acids is 1. The molecule has 0 aromatic carbocycles. The summed E-state index contributed by atoms with van der Waals surface area (Å²) in [5.74, 6) is 0.554. The second-order valence-electron chi connectivity index (χ2n) is 4.90. The summed E-state index contributed by atoms with van der Waals surface area (Å²) in [5.41, 5.74) is 7.45. The smallest absolute Gasteiger partial charge is 0.222 e. The highest BCUT2D eigenvalue weighted by molar-refractivity contribution is 5.75. The molecule has 18 heavy (non-hydrogen) atoms. The van der Waals surface area contributed by atoms with Gasteiger partial charge in [0.05, 0.1) is 12.2 Å². The van der Waals surface area contributed by atoms with Gasteiger partial charge in [-0.1, -0.05) is 13.0 Å². The van der Waals surface area contributed by atoms with Crippen LogP contribution in [0.2, 0.25) is 0 Å². The first-order valence-electron chi connectivity index (χ1n) is 6.39. The quantitative estimate of drug-likeness (QED) is 0.835. The summed E-state index contributed by atoms with van der Waals surface area (Å²) in [5, 5.41) is 0. The maximum absolute atomic E-state index is 11.9. The first kappa shape index (κ1) is 14.6. The van der Waals surface area contributed by atoms with Gasteiger partial charge in [-0.15, -0.1) is 0 Å². The molecule has 4 nitrogen and oxygen atoms in total. The van der Waals surface area contributed by atoms with E-state index in [9.17, 15) is 4.79 Å². The molecule has 0 saturated heterocycles. The number of amides is 1. The number of nitrogens with zero attached hydrogens (tertiary/aromatic N) is 2. The van der Waals surface area contributed by atoms with Crippen molar-refractivity contribution in [2.45, 2.75) is 33.2 Å². The van der Waals surface area contributed by atoms with Gasteiger partial charge in [0.1, 0.15) is 0 Å². The lowest BCUT2D eigenvalue weighted by Crippen LogP contribution is -2.27. The lowest BCUT2D eigenvalue weighted by atomic mass is 10.1. The standard InChI is InChI=1S/C14H23N3O/c1-11(9-15)7-8-14(18)17(3)10-13-6-4-5-12(2)16-13/h4-6,11H,7-10,15H2,1-3H3. The number of rotatable bonds is 6. The van der Waals surface area contributed by atoms with E-state index in [1.165, 1.54) is 0 Å². The van der Waals surface area contributed by atoms with E-state index in [4.69, 9.17) is 5.73 Å². The molecule has 2 N–H and O–H groups in total. The Morgan fingerprint density at radius 3 is 2.83 bits per heavy atom. The van der Waals surface area contributed by atoms with E-state index in [-0.39, 0.29) is 5.91 Å². The number of aryl methyl sites for hydroxylation is 1. The van der Waals surface area contributed by atoms with Crippen molar-refractivity contribution in [3.8, 4) is 0 Å². The van der Waals surface area contributed by atoms with E-state index in [0.717, 1.165) is 17.8 Å². The van der Waals surface area contributed by atoms with Crippen LogP contribution in [0.4, 0.5) is 0 Å². The van der Waals surface area contributed by atoms with E-state index in [0.29, 0.717) is 25.4 Å². The fourth-order valence-corrected chi connectivity index (χ4v) is 1.70. The number of aromatic nitrogens is 1. The van der Waals surface area contributed by atoms with Gasteiger partial charge >= 0.3 is 0 Å². The Hall–Kier alpha value is -1.42. The zero-order valence-electron chi connectivity index (χ0n) is 11.5. The van der Waals surface area contributed by atoms with Crippen LogP contribution in [0.15, 0.2) is 18.2 Å². The topological polar surface area (TPSA) is 59.2 Å². The summed E-state index contributed by atoms with van der Waals surface area (Å²) in [6.45, 7) is 5.22. The molecule has 1 aromatic rings. The number of pyridine rings is 1. The molecule has 1 atom stereocenters. The van der Waals surface area contributed by atoms with Crippen LogP contribution in [0.1, 0.15) is 31.2 Å². The Balaban J connectivity index is 2.45. The third-order valence-electron chi connectivity index (χ3n) is 3.02.